The van der Waals surface area contributed by atoms with E-state index in [-0.39, 0.29) is 40.6 Å². The standard InChI is InChI=1S/C26H26F2N4O2/c1-14(33)7-8-20(34)24-29-12-10-21(30-24)26-11-9-16(25(26,2)3)15-13-19(31-32-23(15)26)22-17(27)5-4-6-18(22)28/h4-6,10,12-14,16,33H,7-9,11H2,1-3H3/t14-,16-,26-/m0/s1. The molecule has 1 aromatic carbocycles. The third kappa shape index (κ3) is 3.19. The molecule has 2 bridgehead atoms. The minimum atomic E-state index is -0.678. The third-order valence-corrected chi connectivity index (χ3v) is 7.73. The number of hydrogen-bond donors (Lipinski definition) is 1. The first-order valence-corrected chi connectivity index (χ1v) is 11.5. The number of halogens is 2. The minimum Gasteiger partial charge on any atom is -0.393 e. The van der Waals surface area contributed by atoms with Crippen molar-refractivity contribution < 1.29 is 18.7 Å². The van der Waals surface area contributed by atoms with Crippen LogP contribution in [0.2, 0.25) is 0 Å². The molecule has 176 valence electrons. The van der Waals surface area contributed by atoms with E-state index in [1.54, 1.807) is 19.2 Å². The number of aliphatic hydroxyl groups is 1. The highest BCUT2D eigenvalue weighted by Gasteiger charge is 2.65. The Balaban J connectivity index is 1.61. The normalized spacial score (nSPS) is 23.1. The number of aliphatic hydroxyl groups excluding tert-OH is 1. The molecule has 5 rings (SSSR count). The number of carbonyl (C=O) groups excluding carboxylic acids is 1. The van der Waals surface area contributed by atoms with Gasteiger partial charge in [-0.3, -0.25) is 4.79 Å². The summed E-state index contributed by atoms with van der Waals surface area (Å²) in [5, 5.41) is 18.3. The fourth-order valence-corrected chi connectivity index (χ4v) is 5.94. The van der Waals surface area contributed by atoms with Crippen molar-refractivity contribution in [3.63, 3.8) is 0 Å². The van der Waals surface area contributed by atoms with Gasteiger partial charge in [0, 0.05) is 12.6 Å². The number of aromatic nitrogens is 4. The molecule has 2 aliphatic rings. The fraction of sp³-hybridized carbons (Fsp3) is 0.423. The highest BCUT2D eigenvalue weighted by Crippen LogP contribution is 2.69. The summed E-state index contributed by atoms with van der Waals surface area (Å²) in [4.78, 5) is 21.5. The molecule has 0 saturated heterocycles. The van der Waals surface area contributed by atoms with Crippen molar-refractivity contribution in [1.29, 1.82) is 0 Å². The molecule has 0 amide bonds. The van der Waals surface area contributed by atoms with E-state index in [4.69, 9.17) is 0 Å². The van der Waals surface area contributed by atoms with Gasteiger partial charge in [0.15, 0.2) is 11.6 Å². The van der Waals surface area contributed by atoms with Gasteiger partial charge in [-0.15, -0.1) is 5.10 Å². The quantitative estimate of drug-likeness (QED) is 0.529. The summed E-state index contributed by atoms with van der Waals surface area (Å²) in [6.07, 6.45) is 3.15. The SMILES string of the molecule is C[C@H](O)CCC(=O)c1nccc([C@@]23CC[C@@H](c4cc(-c5c(F)cccc5F)nnc42)C3(C)C)n1. The lowest BCUT2D eigenvalue weighted by molar-refractivity contribution is 0.0938. The second kappa shape index (κ2) is 7.98. The molecule has 0 radical (unpaired) electrons. The van der Waals surface area contributed by atoms with Crippen LogP contribution in [-0.4, -0.2) is 37.2 Å². The van der Waals surface area contributed by atoms with Gasteiger partial charge < -0.3 is 5.11 Å². The Bertz CT molecular complexity index is 1270. The van der Waals surface area contributed by atoms with Gasteiger partial charge in [0.1, 0.15) is 11.6 Å². The average molecular weight is 465 g/mol. The second-order valence-corrected chi connectivity index (χ2v) is 9.92. The molecule has 2 aliphatic carbocycles. The van der Waals surface area contributed by atoms with Gasteiger partial charge in [-0.05, 0) is 67.3 Å². The number of hydrogen-bond acceptors (Lipinski definition) is 6. The molecule has 34 heavy (non-hydrogen) atoms. The summed E-state index contributed by atoms with van der Waals surface area (Å²) in [6.45, 7) is 5.93. The summed E-state index contributed by atoms with van der Waals surface area (Å²) in [6, 6.07) is 7.32. The van der Waals surface area contributed by atoms with Crippen LogP contribution in [0.3, 0.4) is 0 Å². The Labute approximate surface area is 196 Å². The van der Waals surface area contributed by atoms with Gasteiger partial charge >= 0.3 is 0 Å². The topological polar surface area (TPSA) is 88.9 Å². The molecule has 1 fully saturated rings. The summed E-state index contributed by atoms with van der Waals surface area (Å²) in [7, 11) is 0. The molecule has 8 heteroatoms. The molecular weight excluding hydrogens is 438 g/mol. The molecule has 2 heterocycles. The Morgan fingerprint density at radius 2 is 1.94 bits per heavy atom. The average Bonchev–Trinajstić information content (AvgIpc) is 3.18. The van der Waals surface area contributed by atoms with E-state index in [0.29, 0.717) is 12.1 Å². The monoisotopic (exact) mass is 464 g/mol. The molecule has 1 saturated carbocycles. The number of benzene rings is 1. The number of nitrogens with zero attached hydrogens (tertiary/aromatic N) is 4. The summed E-state index contributed by atoms with van der Waals surface area (Å²) in [5.41, 5.74) is 1.47. The number of fused-ring (bicyclic) bond motifs is 5. The summed E-state index contributed by atoms with van der Waals surface area (Å²) in [5.74, 6) is -1.35. The molecule has 0 aliphatic heterocycles. The lowest BCUT2D eigenvalue weighted by Crippen LogP contribution is -2.38. The van der Waals surface area contributed by atoms with Gasteiger partial charge in [-0.25, -0.2) is 18.7 Å². The van der Waals surface area contributed by atoms with E-state index < -0.39 is 23.2 Å². The highest BCUT2D eigenvalue weighted by atomic mass is 19.1. The zero-order valence-electron chi connectivity index (χ0n) is 19.3. The first-order chi connectivity index (χ1) is 16.2. The van der Waals surface area contributed by atoms with Gasteiger partial charge in [0.25, 0.3) is 0 Å². The van der Waals surface area contributed by atoms with E-state index in [1.165, 1.54) is 18.2 Å². The van der Waals surface area contributed by atoms with Crippen LogP contribution < -0.4 is 0 Å². The van der Waals surface area contributed by atoms with Gasteiger partial charge in [0.05, 0.1) is 34.2 Å². The Hall–Kier alpha value is -3.13. The van der Waals surface area contributed by atoms with Crippen LogP contribution in [0.15, 0.2) is 36.5 Å². The van der Waals surface area contributed by atoms with Crippen LogP contribution in [0, 0.1) is 17.0 Å². The van der Waals surface area contributed by atoms with E-state index in [0.717, 1.165) is 24.1 Å². The maximum Gasteiger partial charge on any atom is 0.200 e. The maximum absolute atomic E-state index is 14.4. The molecular formula is C26H26F2N4O2. The minimum absolute atomic E-state index is 0.107. The Kier molecular flexibility index (Phi) is 5.31. The number of ketones is 1. The van der Waals surface area contributed by atoms with Gasteiger partial charge in [-0.2, -0.15) is 5.10 Å². The smallest absolute Gasteiger partial charge is 0.200 e. The summed E-state index contributed by atoms with van der Waals surface area (Å²) < 4.78 is 28.9. The largest absolute Gasteiger partial charge is 0.393 e. The maximum atomic E-state index is 14.4. The van der Waals surface area contributed by atoms with Crippen LogP contribution in [0.1, 0.15) is 79.9 Å². The van der Waals surface area contributed by atoms with Crippen molar-refractivity contribution in [1.82, 2.24) is 20.2 Å². The lowest BCUT2D eigenvalue weighted by Gasteiger charge is -2.37. The number of rotatable bonds is 6. The molecule has 1 N–H and O–H groups in total. The molecule has 0 unspecified atom stereocenters. The molecule has 0 spiro atoms. The number of carbonyl (C=O) groups is 1. The van der Waals surface area contributed by atoms with Crippen LogP contribution >= 0.6 is 0 Å². The van der Waals surface area contributed by atoms with E-state index in [1.807, 2.05) is 6.07 Å². The number of Topliss-reactive ketones (excluding diaryl/α,β-unsaturated/α-hetero) is 1. The predicted molar refractivity (Wildman–Crippen MR) is 121 cm³/mol. The predicted octanol–water partition coefficient (Wildman–Crippen LogP) is 4.76. The Morgan fingerprint density at radius 3 is 2.65 bits per heavy atom. The van der Waals surface area contributed by atoms with Crippen LogP contribution in [0.4, 0.5) is 8.78 Å². The van der Waals surface area contributed by atoms with Gasteiger partial charge in [-0.1, -0.05) is 19.9 Å². The van der Waals surface area contributed by atoms with Crippen molar-refractivity contribution in [2.24, 2.45) is 5.41 Å². The van der Waals surface area contributed by atoms with Gasteiger partial charge in [0.2, 0.25) is 0 Å². The molecule has 3 aromatic rings. The lowest BCUT2D eigenvalue weighted by atomic mass is 9.66. The first-order valence-electron chi connectivity index (χ1n) is 11.5. The van der Waals surface area contributed by atoms with Crippen LogP contribution in [-0.2, 0) is 5.41 Å². The fourth-order valence-electron chi connectivity index (χ4n) is 5.94. The highest BCUT2D eigenvalue weighted by molar-refractivity contribution is 5.92. The van der Waals surface area contributed by atoms with Crippen LogP contribution in [0.5, 0.6) is 0 Å². The molecule has 2 aromatic heterocycles. The first kappa shape index (κ1) is 22.7. The van der Waals surface area contributed by atoms with E-state index >= 15 is 0 Å². The van der Waals surface area contributed by atoms with Crippen molar-refractivity contribution in [2.45, 2.75) is 63.9 Å². The van der Waals surface area contributed by atoms with Crippen molar-refractivity contribution in [3.05, 3.63) is 70.9 Å². The van der Waals surface area contributed by atoms with E-state index in [9.17, 15) is 18.7 Å². The van der Waals surface area contributed by atoms with Crippen LogP contribution in [0.25, 0.3) is 11.3 Å². The summed E-state index contributed by atoms with van der Waals surface area (Å²) >= 11 is 0. The van der Waals surface area contributed by atoms with Crippen molar-refractivity contribution >= 4 is 5.78 Å². The molecule has 6 nitrogen and oxygen atoms in total. The van der Waals surface area contributed by atoms with Crippen molar-refractivity contribution in [2.75, 3.05) is 0 Å². The van der Waals surface area contributed by atoms with E-state index in [2.05, 4.69) is 34.0 Å². The molecule has 3 atom stereocenters. The van der Waals surface area contributed by atoms with Crippen molar-refractivity contribution in [3.8, 4) is 11.3 Å². The Morgan fingerprint density at radius 1 is 1.21 bits per heavy atom. The third-order valence-electron chi connectivity index (χ3n) is 7.73. The second-order valence-electron chi connectivity index (χ2n) is 9.92. The zero-order chi connectivity index (χ0) is 24.3. The zero-order valence-corrected chi connectivity index (χ0v) is 19.3.